The van der Waals surface area contributed by atoms with Crippen molar-refractivity contribution >= 4 is 24.4 Å². The standard InChI is InChI=1S/C19H33FN2O4SSi/c1-18(2,3)26-17(23)22(7)13-14-10-11-16(15(20)12-14)27(24,25)21-28(8,9)19(4,5)6/h10-12,21H,13H2,1-9H3. The number of sulfonamides is 1. The Labute approximate surface area is 169 Å². The van der Waals surface area contributed by atoms with E-state index in [-0.39, 0.29) is 16.5 Å². The number of ether oxygens (including phenoxy) is 1. The van der Waals surface area contributed by atoms with Crippen molar-refractivity contribution in [1.29, 1.82) is 0 Å². The molecule has 0 unspecified atom stereocenters. The lowest BCUT2D eigenvalue weighted by molar-refractivity contribution is 0.0285. The fourth-order valence-corrected chi connectivity index (χ4v) is 7.00. The third kappa shape index (κ3) is 6.56. The summed E-state index contributed by atoms with van der Waals surface area (Å²) in [4.78, 5) is 13.0. The summed E-state index contributed by atoms with van der Waals surface area (Å²) < 4.78 is 48.0. The lowest BCUT2D eigenvalue weighted by Gasteiger charge is -2.36. The van der Waals surface area contributed by atoms with Gasteiger partial charge >= 0.3 is 6.09 Å². The summed E-state index contributed by atoms with van der Waals surface area (Å²) in [7, 11) is -4.85. The number of rotatable bonds is 5. The minimum atomic E-state index is -3.99. The van der Waals surface area contributed by atoms with E-state index in [1.54, 1.807) is 20.8 Å². The smallest absolute Gasteiger partial charge is 0.410 e. The highest BCUT2D eigenvalue weighted by atomic mass is 32.2. The van der Waals surface area contributed by atoms with Gasteiger partial charge in [0.15, 0.2) is 0 Å². The zero-order valence-electron chi connectivity index (χ0n) is 18.3. The molecule has 6 nitrogen and oxygen atoms in total. The van der Waals surface area contributed by atoms with E-state index in [9.17, 15) is 17.6 Å². The number of benzene rings is 1. The topological polar surface area (TPSA) is 75.7 Å². The Morgan fingerprint density at radius 3 is 2.14 bits per heavy atom. The molecule has 0 saturated carbocycles. The minimum absolute atomic E-state index is 0.0990. The number of hydrogen-bond donors (Lipinski definition) is 1. The van der Waals surface area contributed by atoms with Crippen LogP contribution < -0.4 is 4.39 Å². The second kappa shape index (κ2) is 8.12. The van der Waals surface area contributed by atoms with Crippen molar-refractivity contribution in [1.82, 2.24) is 9.29 Å². The van der Waals surface area contributed by atoms with Crippen LogP contribution >= 0.6 is 0 Å². The van der Waals surface area contributed by atoms with E-state index in [1.165, 1.54) is 24.1 Å². The predicted molar refractivity (Wildman–Crippen MR) is 112 cm³/mol. The van der Waals surface area contributed by atoms with E-state index in [0.717, 1.165) is 6.07 Å². The molecule has 0 aliphatic heterocycles. The average Bonchev–Trinajstić information content (AvgIpc) is 2.42. The molecule has 1 aromatic carbocycles. The maximum atomic E-state index is 14.6. The molecule has 0 saturated heterocycles. The Hall–Kier alpha value is -1.45. The second-order valence-corrected chi connectivity index (χ2v) is 16.6. The molecule has 28 heavy (non-hydrogen) atoms. The molecule has 1 amide bonds. The molecule has 0 atom stereocenters. The van der Waals surface area contributed by atoms with Crippen molar-refractivity contribution in [3.63, 3.8) is 0 Å². The van der Waals surface area contributed by atoms with Gasteiger partial charge in [-0.1, -0.05) is 39.9 Å². The molecule has 0 aliphatic rings. The van der Waals surface area contributed by atoms with E-state index in [0.29, 0.717) is 5.56 Å². The van der Waals surface area contributed by atoms with Crippen molar-refractivity contribution in [2.45, 2.75) is 76.7 Å². The zero-order chi connectivity index (χ0) is 22.1. The van der Waals surface area contributed by atoms with E-state index in [4.69, 9.17) is 4.74 Å². The molecule has 0 radical (unpaired) electrons. The number of carbonyl (C=O) groups is 1. The number of halogens is 1. The first-order valence-electron chi connectivity index (χ1n) is 9.12. The highest BCUT2D eigenvalue weighted by molar-refractivity contribution is 7.91. The molecule has 0 bridgehead atoms. The third-order valence-electron chi connectivity index (χ3n) is 4.68. The maximum absolute atomic E-state index is 14.6. The van der Waals surface area contributed by atoms with Gasteiger partial charge in [-0.05, 0) is 43.5 Å². The Morgan fingerprint density at radius 2 is 1.71 bits per heavy atom. The molecule has 0 aromatic heterocycles. The maximum Gasteiger partial charge on any atom is 0.410 e. The summed E-state index contributed by atoms with van der Waals surface area (Å²) in [6.07, 6.45) is -0.538. The van der Waals surface area contributed by atoms with Crippen LogP contribution in [-0.4, -0.2) is 40.3 Å². The Kier molecular flexibility index (Phi) is 7.13. The average molecular weight is 433 g/mol. The Balaban J connectivity index is 3.02. The van der Waals surface area contributed by atoms with Gasteiger partial charge in [0.1, 0.15) is 24.5 Å². The summed E-state index contributed by atoms with van der Waals surface area (Å²) >= 11 is 0. The van der Waals surface area contributed by atoms with Gasteiger partial charge in [-0.15, -0.1) is 0 Å². The summed E-state index contributed by atoms with van der Waals surface area (Å²) in [6.45, 7) is 15.1. The molecule has 0 aliphatic carbocycles. The third-order valence-corrected chi connectivity index (χ3v) is 12.5. The number of carbonyl (C=O) groups excluding carboxylic acids is 1. The number of amides is 1. The zero-order valence-corrected chi connectivity index (χ0v) is 20.1. The van der Waals surface area contributed by atoms with Crippen molar-refractivity contribution in [3.05, 3.63) is 29.6 Å². The van der Waals surface area contributed by atoms with Gasteiger partial charge in [0.2, 0.25) is 10.0 Å². The van der Waals surface area contributed by atoms with Crippen LogP contribution in [0, 0.1) is 5.82 Å². The van der Waals surface area contributed by atoms with E-state index < -0.39 is 35.8 Å². The van der Waals surface area contributed by atoms with Crippen molar-refractivity contribution in [2.24, 2.45) is 0 Å². The fraction of sp³-hybridized carbons (Fsp3) is 0.632. The molecule has 0 heterocycles. The number of hydrogen-bond acceptors (Lipinski definition) is 4. The highest BCUT2D eigenvalue weighted by Gasteiger charge is 2.40. The fourth-order valence-electron chi connectivity index (χ4n) is 2.08. The second-order valence-electron chi connectivity index (χ2n) is 9.58. The van der Waals surface area contributed by atoms with Crippen molar-refractivity contribution in [2.75, 3.05) is 7.05 Å². The van der Waals surface area contributed by atoms with E-state index >= 15 is 0 Å². The van der Waals surface area contributed by atoms with Crippen LogP contribution in [0.3, 0.4) is 0 Å². The molecule has 1 rings (SSSR count). The van der Waals surface area contributed by atoms with Gasteiger partial charge in [-0.2, -0.15) is 0 Å². The van der Waals surface area contributed by atoms with Crippen LogP contribution in [0.15, 0.2) is 23.1 Å². The minimum Gasteiger partial charge on any atom is -0.444 e. The lowest BCUT2D eigenvalue weighted by Crippen LogP contribution is -2.54. The van der Waals surface area contributed by atoms with Gasteiger partial charge in [-0.3, -0.25) is 0 Å². The van der Waals surface area contributed by atoms with E-state index in [1.807, 2.05) is 33.9 Å². The first-order chi connectivity index (χ1) is 12.4. The number of nitrogens with zero attached hydrogens (tertiary/aromatic N) is 1. The molecular formula is C19H33FN2O4SSi. The monoisotopic (exact) mass is 432 g/mol. The van der Waals surface area contributed by atoms with E-state index in [2.05, 4.69) is 4.39 Å². The molecular weight excluding hydrogens is 399 g/mol. The van der Waals surface area contributed by atoms with Crippen LogP contribution in [0.4, 0.5) is 9.18 Å². The first kappa shape index (κ1) is 24.6. The van der Waals surface area contributed by atoms with Crippen LogP contribution in [0.5, 0.6) is 0 Å². The first-order valence-corrected chi connectivity index (χ1v) is 13.6. The van der Waals surface area contributed by atoms with Crippen LogP contribution in [0.2, 0.25) is 18.1 Å². The van der Waals surface area contributed by atoms with Gasteiger partial charge in [-0.25, -0.2) is 22.0 Å². The van der Waals surface area contributed by atoms with Crippen LogP contribution in [-0.2, 0) is 21.3 Å². The summed E-state index contributed by atoms with van der Waals surface area (Å²) in [6, 6.07) is 3.88. The highest BCUT2D eigenvalue weighted by Crippen LogP contribution is 2.35. The number of nitrogens with one attached hydrogen (secondary N) is 1. The molecule has 1 N–H and O–H groups in total. The molecule has 0 spiro atoms. The molecule has 0 fully saturated rings. The molecule has 160 valence electrons. The summed E-state index contributed by atoms with van der Waals surface area (Å²) in [5, 5.41) is -0.230. The van der Waals surface area contributed by atoms with Crippen molar-refractivity contribution < 1.29 is 22.3 Å². The summed E-state index contributed by atoms with van der Waals surface area (Å²) in [5.41, 5.74) is -0.165. The van der Waals surface area contributed by atoms with Gasteiger partial charge < -0.3 is 9.64 Å². The normalized spacial score (nSPS) is 13.4. The Bertz CT molecular complexity index is 827. The SMILES string of the molecule is CN(Cc1ccc(S(=O)(=O)N[Si](C)(C)C(C)(C)C)c(F)c1)C(=O)OC(C)(C)C. The largest absolute Gasteiger partial charge is 0.444 e. The van der Waals surface area contributed by atoms with Gasteiger partial charge in [0.25, 0.3) is 0 Å². The molecule has 1 aromatic rings. The summed E-state index contributed by atoms with van der Waals surface area (Å²) in [5.74, 6) is -0.846. The van der Waals surface area contributed by atoms with Gasteiger partial charge in [0.05, 0.1) is 0 Å². The predicted octanol–water partition coefficient (Wildman–Crippen LogP) is 4.48. The van der Waals surface area contributed by atoms with Crippen LogP contribution in [0.1, 0.15) is 47.1 Å². The quantitative estimate of drug-likeness (QED) is 0.696. The van der Waals surface area contributed by atoms with Crippen LogP contribution in [0.25, 0.3) is 0 Å². The van der Waals surface area contributed by atoms with Gasteiger partial charge in [0, 0.05) is 13.6 Å². The van der Waals surface area contributed by atoms with Crippen molar-refractivity contribution in [3.8, 4) is 0 Å². The molecule has 9 heteroatoms. The Morgan fingerprint density at radius 1 is 1.18 bits per heavy atom. The lowest BCUT2D eigenvalue weighted by atomic mass is 10.2.